The van der Waals surface area contributed by atoms with Crippen molar-refractivity contribution in [2.24, 2.45) is 0 Å². The molecule has 1 aromatic rings. The Morgan fingerprint density at radius 2 is 1.74 bits per heavy atom. The fourth-order valence-corrected chi connectivity index (χ4v) is 3.19. The number of ether oxygens (including phenoxy) is 2. The lowest BCUT2D eigenvalue weighted by molar-refractivity contribution is -0.289. The molecule has 3 N–H and O–H groups in total. The van der Waals surface area contributed by atoms with Gasteiger partial charge in [0, 0.05) is 7.11 Å². The highest BCUT2D eigenvalue weighted by Gasteiger charge is 2.44. The van der Waals surface area contributed by atoms with Gasteiger partial charge in [0.2, 0.25) is 0 Å². The Balaban J connectivity index is 2.07. The number of methoxy groups -OCH3 is 1. The van der Waals surface area contributed by atoms with Crippen molar-refractivity contribution in [3.05, 3.63) is 29.8 Å². The molecule has 8 nitrogen and oxygen atoms in total. The van der Waals surface area contributed by atoms with Crippen molar-refractivity contribution in [3.8, 4) is 0 Å². The summed E-state index contributed by atoms with van der Waals surface area (Å²) >= 11 is 0. The van der Waals surface area contributed by atoms with Gasteiger partial charge in [-0.1, -0.05) is 17.7 Å². The van der Waals surface area contributed by atoms with E-state index in [-0.39, 0.29) is 4.90 Å². The second-order valence-electron chi connectivity index (χ2n) is 5.30. The molecular formula is C14H20O8S. The summed E-state index contributed by atoms with van der Waals surface area (Å²) in [5, 5.41) is 28.9. The van der Waals surface area contributed by atoms with Crippen LogP contribution < -0.4 is 0 Å². The van der Waals surface area contributed by atoms with E-state index in [4.69, 9.17) is 13.7 Å². The van der Waals surface area contributed by atoms with Crippen LogP contribution in [-0.2, 0) is 23.8 Å². The number of benzene rings is 1. The van der Waals surface area contributed by atoms with Gasteiger partial charge in [-0.25, -0.2) is 0 Å². The zero-order valence-electron chi connectivity index (χ0n) is 12.7. The molecule has 130 valence electrons. The van der Waals surface area contributed by atoms with Gasteiger partial charge in [0.05, 0.1) is 11.5 Å². The molecule has 0 spiro atoms. The Labute approximate surface area is 134 Å². The molecule has 2 rings (SSSR count). The van der Waals surface area contributed by atoms with Crippen molar-refractivity contribution in [3.63, 3.8) is 0 Å². The van der Waals surface area contributed by atoms with E-state index in [1.165, 1.54) is 19.2 Å². The van der Waals surface area contributed by atoms with E-state index in [9.17, 15) is 23.7 Å². The molecular weight excluding hydrogens is 328 g/mol. The maximum absolute atomic E-state index is 12.1. The van der Waals surface area contributed by atoms with E-state index in [2.05, 4.69) is 0 Å². The third kappa shape index (κ3) is 4.07. The van der Waals surface area contributed by atoms with Crippen molar-refractivity contribution >= 4 is 10.1 Å². The number of rotatable bonds is 5. The highest BCUT2D eigenvalue weighted by Crippen LogP contribution is 2.23. The average molecular weight is 348 g/mol. The van der Waals surface area contributed by atoms with Gasteiger partial charge in [-0.15, -0.1) is 0 Å². The molecule has 1 aliphatic rings. The molecule has 4 unspecified atom stereocenters. The molecule has 9 heteroatoms. The van der Waals surface area contributed by atoms with Crippen molar-refractivity contribution in [1.29, 1.82) is 0 Å². The van der Waals surface area contributed by atoms with E-state index in [0.29, 0.717) is 0 Å². The highest BCUT2D eigenvalue weighted by molar-refractivity contribution is 7.86. The van der Waals surface area contributed by atoms with Gasteiger partial charge in [-0.3, -0.25) is 4.18 Å². The van der Waals surface area contributed by atoms with Gasteiger partial charge in [-0.05, 0) is 19.1 Å². The minimum Gasteiger partial charge on any atom is -0.387 e. The number of aliphatic hydroxyl groups is 3. The quantitative estimate of drug-likeness (QED) is 0.589. The third-order valence-electron chi connectivity index (χ3n) is 3.63. The van der Waals surface area contributed by atoms with Crippen LogP contribution in [0.1, 0.15) is 5.56 Å². The molecule has 1 saturated heterocycles. The summed E-state index contributed by atoms with van der Waals surface area (Å²) in [5.74, 6) is 0. The SMILES string of the molecule is COC1C(COS(=O)(=O)c2ccc(C)cc2)OC(O)[C@@H](O)C1O. The summed E-state index contributed by atoms with van der Waals surface area (Å²) in [4.78, 5) is -0.0194. The maximum atomic E-state index is 12.1. The van der Waals surface area contributed by atoms with Crippen LogP contribution in [0.2, 0.25) is 0 Å². The van der Waals surface area contributed by atoms with E-state index in [1.54, 1.807) is 12.1 Å². The van der Waals surface area contributed by atoms with E-state index >= 15 is 0 Å². The Morgan fingerprint density at radius 1 is 1.13 bits per heavy atom. The van der Waals surface area contributed by atoms with E-state index in [1.807, 2.05) is 6.92 Å². The van der Waals surface area contributed by atoms with Gasteiger partial charge in [0.1, 0.15) is 24.4 Å². The maximum Gasteiger partial charge on any atom is 0.297 e. The molecule has 1 heterocycles. The highest BCUT2D eigenvalue weighted by atomic mass is 32.2. The van der Waals surface area contributed by atoms with Crippen molar-refractivity contribution in [1.82, 2.24) is 0 Å². The number of aliphatic hydroxyl groups excluding tert-OH is 3. The summed E-state index contributed by atoms with van der Waals surface area (Å²) in [5.41, 5.74) is 0.902. The van der Waals surface area contributed by atoms with Crippen LogP contribution in [0.3, 0.4) is 0 Å². The topological polar surface area (TPSA) is 123 Å². The van der Waals surface area contributed by atoms with Gasteiger partial charge in [0.25, 0.3) is 10.1 Å². The van der Waals surface area contributed by atoms with Crippen molar-refractivity contribution in [2.75, 3.05) is 13.7 Å². The average Bonchev–Trinajstić information content (AvgIpc) is 2.51. The first-order chi connectivity index (χ1) is 10.8. The predicted octanol–water partition coefficient (Wildman–Crippen LogP) is -0.846. The lowest BCUT2D eigenvalue weighted by Gasteiger charge is -2.39. The fourth-order valence-electron chi connectivity index (χ4n) is 2.27. The van der Waals surface area contributed by atoms with Gasteiger partial charge in [-0.2, -0.15) is 8.42 Å². The fraction of sp³-hybridized carbons (Fsp3) is 0.571. The molecule has 0 bridgehead atoms. The minimum absolute atomic E-state index is 0.0194. The van der Waals surface area contributed by atoms with Crippen molar-refractivity contribution < 1.29 is 37.4 Å². The Morgan fingerprint density at radius 3 is 2.30 bits per heavy atom. The standard InChI is InChI=1S/C14H20O8S/c1-8-3-5-9(6-4-8)23(18,19)21-7-10-13(20-2)11(15)12(16)14(17)22-10/h3-6,10-17H,7H2,1-2H3/t10?,11?,12-,13?,14?/m0/s1. The summed E-state index contributed by atoms with van der Waals surface area (Å²) in [6, 6.07) is 6.09. The van der Waals surface area contributed by atoms with Crippen LogP contribution in [0.25, 0.3) is 0 Å². The van der Waals surface area contributed by atoms with Crippen LogP contribution in [0, 0.1) is 6.92 Å². The second kappa shape index (κ2) is 7.22. The summed E-state index contributed by atoms with van der Waals surface area (Å²) in [6.07, 6.45) is -6.74. The number of aryl methyl sites for hydroxylation is 1. The minimum atomic E-state index is -4.02. The molecule has 0 aromatic heterocycles. The molecule has 0 radical (unpaired) electrons. The first-order valence-corrected chi connectivity index (χ1v) is 8.35. The van der Waals surface area contributed by atoms with Gasteiger partial charge >= 0.3 is 0 Å². The summed E-state index contributed by atoms with van der Waals surface area (Å²) in [6.45, 7) is 1.35. The van der Waals surface area contributed by atoms with Crippen molar-refractivity contribution in [2.45, 2.75) is 42.5 Å². The largest absolute Gasteiger partial charge is 0.387 e. The van der Waals surface area contributed by atoms with Crippen LogP contribution in [0.5, 0.6) is 0 Å². The second-order valence-corrected chi connectivity index (χ2v) is 6.91. The lowest BCUT2D eigenvalue weighted by atomic mass is 9.99. The third-order valence-corrected chi connectivity index (χ3v) is 4.92. The van der Waals surface area contributed by atoms with Crippen LogP contribution in [0.15, 0.2) is 29.2 Å². The zero-order valence-corrected chi connectivity index (χ0v) is 13.5. The van der Waals surface area contributed by atoms with Crippen LogP contribution >= 0.6 is 0 Å². The first-order valence-electron chi connectivity index (χ1n) is 6.95. The predicted molar refractivity (Wildman–Crippen MR) is 78.0 cm³/mol. The molecule has 5 atom stereocenters. The molecule has 1 fully saturated rings. The lowest BCUT2D eigenvalue weighted by Crippen LogP contribution is -2.59. The van der Waals surface area contributed by atoms with E-state index in [0.717, 1.165) is 5.56 Å². The molecule has 1 aromatic carbocycles. The Kier molecular flexibility index (Phi) is 5.74. The summed E-state index contributed by atoms with van der Waals surface area (Å²) < 4.78 is 39.2. The molecule has 23 heavy (non-hydrogen) atoms. The number of hydrogen-bond donors (Lipinski definition) is 3. The summed E-state index contributed by atoms with van der Waals surface area (Å²) in [7, 11) is -2.75. The van der Waals surface area contributed by atoms with Crippen LogP contribution in [-0.4, -0.2) is 68.2 Å². The van der Waals surface area contributed by atoms with E-state index < -0.39 is 47.4 Å². The molecule has 0 saturated carbocycles. The zero-order chi connectivity index (χ0) is 17.2. The van der Waals surface area contributed by atoms with Crippen LogP contribution in [0.4, 0.5) is 0 Å². The normalized spacial score (nSPS) is 32.0. The van der Waals surface area contributed by atoms with Gasteiger partial charge in [0.15, 0.2) is 6.29 Å². The monoisotopic (exact) mass is 348 g/mol. The first kappa shape index (κ1) is 18.3. The smallest absolute Gasteiger partial charge is 0.297 e. The Hall–Kier alpha value is -1.07. The Bertz CT molecular complexity index is 614. The molecule has 0 aliphatic carbocycles. The molecule has 0 amide bonds. The van der Waals surface area contributed by atoms with Gasteiger partial charge < -0.3 is 24.8 Å². The molecule has 1 aliphatic heterocycles. The number of hydrogen-bond acceptors (Lipinski definition) is 8.